The molecule has 102 valence electrons. The summed E-state index contributed by atoms with van der Waals surface area (Å²) in [5.41, 5.74) is 7.30. The molecule has 0 spiro atoms. The minimum absolute atomic E-state index is 0.0449. The van der Waals surface area contributed by atoms with Crippen LogP contribution in [-0.4, -0.2) is 48.0 Å². The molecule has 18 heavy (non-hydrogen) atoms. The van der Waals surface area contributed by atoms with E-state index in [1.807, 2.05) is 19.4 Å². The van der Waals surface area contributed by atoms with Gasteiger partial charge in [0.1, 0.15) is 0 Å². The van der Waals surface area contributed by atoms with Crippen LogP contribution in [0.3, 0.4) is 0 Å². The highest BCUT2D eigenvalue weighted by Gasteiger charge is 2.17. The van der Waals surface area contributed by atoms with Crippen LogP contribution in [0.2, 0.25) is 0 Å². The molecule has 0 aliphatic carbocycles. The van der Waals surface area contributed by atoms with Crippen LogP contribution in [0.25, 0.3) is 0 Å². The van der Waals surface area contributed by atoms with Gasteiger partial charge in [-0.25, -0.2) is 0 Å². The van der Waals surface area contributed by atoms with Crippen molar-refractivity contribution in [2.45, 2.75) is 18.9 Å². The normalized spacial score (nSPS) is 19.3. The lowest BCUT2D eigenvalue weighted by atomic mass is 9.99. The second-order valence-electron chi connectivity index (χ2n) is 5.33. The minimum atomic E-state index is 0.0449. The summed E-state index contributed by atoms with van der Waals surface area (Å²) in [6.07, 6.45) is 6.19. The molecule has 0 radical (unpaired) electrons. The van der Waals surface area contributed by atoms with E-state index in [1.165, 1.54) is 12.8 Å². The average Bonchev–Trinajstić information content (AvgIpc) is 2.77. The maximum Gasteiger partial charge on any atom is 0.0537 e. The molecule has 2 rings (SSSR count). The topological polar surface area (TPSA) is 56.3 Å². The Morgan fingerprint density at radius 1 is 1.56 bits per heavy atom. The number of ether oxygens (including phenoxy) is 1. The van der Waals surface area contributed by atoms with E-state index >= 15 is 0 Å². The van der Waals surface area contributed by atoms with Crippen LogP contribution in [0.15, 0.2) is 12.4 Å². The zero-order valence-corrected chi connectivity index (χ0v) is 11.4. The van der Waals surface area contributed by atoms with E-state index < -0.39 is 0 Å². The molecule has 1 aromatic heterocycles. The summed E-state index contributed by atoms with van der Waals surface area (Å²) in [7, 11) is 4.06. The van der Waals surface area contributed by atoms with Crippen LogP contribution in [0.4, 0.5) is 0 Å². The first-order valence-electron chi connectivity index (χ1n) is 6.65. The second kappa shape index (κ2) is 6.31. The fourth-order valence-corrected chi connectivity index (χ4v) is 2.52. The highest BCUT2D eigenvalue weighted by atomic mass is 16.5. The van der Waals surface area contributed by atoms with E-state index in [9.17, 15) is 0 Å². The largest absolute Gasteiger partial charge is 0.381 e. The van der Waals surface area contributed by atoms with Crippen molar-refractivity contribution in [3.05, 3.63) is 18.0 Å². The highest BCUT2D eigenvalue weighted by Crippen LogP contribution is 2.17. The molecule has 1 saturated heterocycles. The van der Waals surface area contributed by atoms with Gasteiger partial charge in [-0.05, 0) is 25.8 Å². The Balaban J connectivity index is 1.77. The smallest absolute Gasteiger partial charge is 0.0537 e. The molecule has 1 fully saturated rings. The minimum Gasteiger partial charge on any atom is -0.381 e. The number of aryl methyl sites for hydroxylation is 1. The number of hydrogen-bond acceptors (Lipinski definition) is 4. The lowest BCUT2D eigenvalue weighted by Gasteiger charge is -2.28. The second-order valence-corrected chi connectivity index (χ2v) is 5.33. The number of rotatable bonds is 5. The SMILES string of the molecule is CN(CC1CCOCC1)CC(N)c1cnn(C)c1. The fraction of sp³-hybridized carbons (Fsp3) is 0.769. The van der Waals surface area contributed by atoms with Crippen molar-refractivity contribution < 1.29 is 4.74 Å². The number of nitrogens with two attached hydrogens (primary N) is 1. The molecule has 5 heteroatoms. The Bertz CT molecular complexity index is 360. The van der Waals surface area contributed by atoms with Crippen LogP contribution in [0.1, 0.15) is 24.4 Å². The van der Waals surface area contributed by atoms with Gasteiger partial charge in [0, 0.05) is 51.2 Å². The standard InChI is InChI=1S/C13H24N4O/c1-16(8-11-3-5-18-6-4-11)10-13(14)12-7-15-17(2)9-12/h7,9,11,13H,3-6,8,10,14H2,1-2H3. The summed E-state index contributed by atoms with van der Waals surface area (Å²) >= 11 is 0. The van der Waals surface area contributed by atoms with Gasteiger partial charge in [-0.3, -0.25) is 4.68 Å². The Morgan fingerprint density at radius 3 is 2.89 bits per heavy atom. The summed E-state index contributed by atoms with van der Waals surface area (Å²) in [5, 5.41) is 4.16. The van der Waals surface area contributed by atoms with Crippen LogP contribution < -0.4 is 5.73 Å². The van der Waals surface area contributed by atoms with Crippen molar-refractivity contribution in [2.75, 3.05) is 33.4 Å². The predicted octanol–water partition coefficient (Wildman–Crippen LogP) is 0.778. The number of likely N-dealkylation sites (N-methyl/N-ethyl adjacent to an activating group) is 1. The van der Waals surface area contributed by atoms with Crippen LogP contribution in [0.5, 0.6) is 0 Å². The van der Waals surface area contributed by atoms with Crippen molar-refractivity contribution in [3.63, 3.8) is 0 Å². The molecule has 0 amide bonds. The molecule has 1 unspecified atom stereocenters. The van der Waals surface area contributed by atoms with Crippen LogP contribution in [-0.2, 0) is 11.8 Å². The first-order chi connectivity index (χ1) is 8.65. The third kappa shape index (κ3) is 3.80. The summed E-state index contributed by atoms with van der Waals surface area (Å²) < 4.78 is 7.18. The summed E-state index contributed by atoms with van der Waals surface area (Å²) in [6, 6.07) is 0.0449. The van der Waals surface area contributed by atoms with Gasteiger partial charge in [-0.15, -0.1) is 0 Å². The summed E-state index contributed by atoms with van der Waals surface area (Å²) in [6.45, 7) is 3.81. The average molecular weight is 252 g/mol. The van der Waals surface area contributed by atoms with Gasteiger partial charge in [0.25, 0.3) is 0 Å². The molecular formula is C13H24N4O. The maximum absolute atomic E-state index is 6.19. The van der Waals surface area contributed by atoms with E-state index in [-0.39, 0.29) is 6.04 Å². The van der Waals surface area contributed by atoms with Crippen molar-refractivity contribution in [3.8, 4) is 0 Å². The Hall–Kier alpha value is -0.910. The number of aromatic nitrogens is 2. The lowest BCUT2D eigenvalue weighted by molar-refractivity contribution is 0.0551. The first kappa shape index (κ1) is 13.5. The Morgan fingerprint density at radius 2 is 2.28 bits per heavy atom. The number of hydrogen-bond donors (Lipinski definition) is 1. The van der Waals surface area contributed by atoms with Crippen molar-refractivity contribution in [1.29, 1.82) is 0 Å². The molecule has 1 aromatic rings. The van der Waals surface area contributed by atoms with Gasteiger partial charge in [-0.1, -0.05) is 0 Å². The quantitative estimate of drug-likeness (QED) is 0.841. The molecule has 5 nitrogen and oxygen atoms in total. The molecule has 2 heterocycles. The molecule has 1 atom stereocenters. The first-order valence-corrected chi connectivity index (χ1v) is 6.65. The van der Waals surface area contributed by atoms with Crippen LogP contribution in [0, 0.1) is 5.92 Å². The van der Waals surface area contributed by atoms with Gasteiger partial charge in [0.15, 0.2) is 0 Å². The third-order valence-corrected chi connectivity index (χ3v) is 3.57. The molecule has 0 saturated carbocycles. The predicted molar refractivity (Wildman–Crippen MR) is 71.2 cm³/mol. The molecular weight excluding hydrogens is 228 g/mol. The molecule has 1 aliphatic heterocycles. The van der Waals surface area contributed by atoms with E-state index in [0.717, 1.165) is 37.8 Å². The Kier molecular flexibility index (Phi) is 4.74. The van der Waals surface area contributed by atoms with E-state index in [0.29, 0.717) is 0 Å². The lowest BCUT2D eigenvalue weighted by Crippen LogP contribution is -2.34. The van der Waals surface area contributed by atoms with E-state index in [4.69, 9.17) is 10.5 Å². The monoisotopic (exact) mass is 252 g/mol. The summed E-state index contributed by atoms with van der Waals surface area (Å²) in [5.74, 6) is 0.754. The molecule has 2 N–H and O–H groups in total. The van der Waals surface area contributed by atoms with Gasteiger partial charge < -0.3 is 15.4 Å². The van der Waals surface area contributed by atoms with Gasteiger partial charge >= 0.3 is 0 Å². The zero-order valence-electron chi connectivity index (χ0n) is 11.4. The van der Waals surface area contributed by atoms with Gasteiger partial charge in [-0.2, -0.15) is 5.10 Å². The third-order valence-electron chi connectivity index (χ3n) is 3.57. The van der Waals surface area contributed by atoms with Crippen LogP contribution >= 0.6 is 0 Å². The van der Waals surface area contributed by atoms with Crippen molar-refractivity contribution in [2.24, 2.45) is 18.7 Å². The molecule has 1 aliphatic rings. The van der Waals surface area contributed by atoms with E-state index in [1.54, 1.807) is 4.68 Å². The number of nitrogens with zero attached hydrogens (tertiary/aromatic N) is 3. The van der Waals surface area contributed by atoms with Crippen molar-refractivity contribution >= 4 is 0 Å². The summed E-state index contributed by atoms with van der Waals surface area (Å²) in [4.78, 5) is 2.33. The van der Waals surface area contributed by atoms with Gasteiger partial charge in [0.2, 0.25) is 0 Å². The fourth-order valence-electron chi connectivity index (χ4n) is 2.52. The molecule has 0 bridgehead atoms. The Labute approximate surface area is 109 Å². The van der Waals surface area contributed by atoms with Gasteiger partial charge in [0.05, 0.1) is 6.20 Å². The zero-order chi connectivity index (χ0) is 13.0. The molecule has 0 aromatic carbocycles. The maximum atomic E-state index is 6.19. The van der Waals surface area contributed by atoms with E-state index in [2.05, 4.69) is 17.0 Å². The highest BCUT2D eigenvalue weighted by molar-refractivity contribution is 5.09. The van der Waals surface area contributed by atoms with Crippen molar-refractivity contribution in [1.82, 2.24) is 14.7 Å².